The van der Waals surface area contributed by atoms with E-state index in [9.17, 15) is 9.59 Å². The fraction of sp³-hybridized carbons (Fsp3) is 0.364. The lowest BCUT2D eigenvalue weighted by Crippen LogP contribution is -2.52. The molecule has 7 heteroatoms. The van der Waals surface area contributed by atoms with Gasteiger partial charge < -0.3 is 20.3 Å². The fourth-order valence-electron chi connectivity index (χ4n) is 3.29. The Morgan fingerprint density at radius 1 is 1.14 bits per heavy atom. The lowest BCUT2D eigenvalue weighted by Gasteiger charge is -2.35. The zero-order valence-electron chi connectivity index (χ0n) is 16.7. The van der Waals surface area contributed by atoms with E-state index in [1.807, 2.05) is 43.0 Å². The van der Waals surface area contributed by atoms with Gasteiger partial charge in [0.1, 0.15) is 5.75 Å². The molecule has 0 radical (unpaired) electrons. The van der Waals surface area contributed by atoms with Gasteiger partial charge in [0.25, 0.3) is 5.91 Å². The Morgan fingerprint density at radius 3 is 2.52 bits per heavy atom. The Labute approximate surface area is 176 Å². The largest absolute Gasteiger partial charge is 0.477 e. The molecule has 1 atom stereocenters. The maximum absolute atomic E-state index is 12.7. The van der Waals surface area contributed by atoms with Gasteiger partial charge in [-0.15, -0.1) is 0 Å². The number of rotatable bonds is 7. The van der Waals surface area contributed by atoms with Crippen LogP contribution in [0.3, 0.4) is 0 Å². The number of carbonyl (C=O) groups is 2. The van der Waals surface area contributed by atoms with Crippen molar-refractivity contribution in [3.05, 3.63) is 53.6 Å². The molecule has 6 nitrogen and oxygen atoms in total. The molecule has 0 fully saturated rings. The van der Waals surface area contributed by atoms with Crippen molar-refractivity contribution < 1.29 is 14.3 Å². The van der Waals surface area contributed by atoms with Gasteiger partial charge in [0.15, 0.2) is 6.10 Å². The van der Waals surface area contributed by atoms with Crippen LogP contribution in [0.2, 0.25) is 5.02 Å². The van der Waals surface area contributed by atoms with Crippen LogP contribution in [0.25, 0.3) is 0 Å². The van der Waals surface area contributed by atoms with Crippen molar-refractivity contribution in [1.82, 2.24) is 5.32 Å². The highest BCUT2D eigenvalue weighted by atomic mass is 35.5. The van der Waals surface area contributed by atoms with E-state index in [4.69, 9.17) is 16.3 Å². The van der Waals surface area contributed by atoms with Crippen molar-refractivity contribution in [3.63, 3.8) is 0 Å². The summed E-state index contributed by atoms with van der Waals surface area (Å²) in [5.74, 6) is 0.266. The maximum Gasteiger partial charge on any atom is 0.263 e. The zero-order chi connectivity index (χ0) is 20.8. The molecule has 29 heavy (non-hydrogen) atoms. The topological polar surface area (TPSA) is 70.7 Å². The third-order valence-electron chi connectivity index (χ3n) is 4.95. The second-order valence-corrected chi connectivity index (χ2v) is 7.47. The third-order valence-corrected chi connectivity index (χ3v) is 5.20. The van der Waals surface area contributed by atoms with Crippen molar-refractivity contribution in [2.24, 2.45) is 0 Å². The first-order valence-electron chi connectivity index (χ1n) is 9.86. The lowest BCUT2D eigenvalue weighted by atomic mass is 10.1. The summed E-state index contributed by atoms with van der Waals surface area (Å²) in [5.41, 5.74) is 1.47. The van der Waals surface area contributed by atoms with Crippen LogP contribution in [-0.4, -0.2) is 37.0 Å². The number of carbonyl (C=O) groups excluding carboxylic acids is 2. The van der Waals surface area contributed by atoms with Crippen molar-refractivity contribution in [1.29, 1.82) is 0 Å². The van der Waals surface area contributed by atoms with Crippen LogP contribution in [-0.2, 0) is 9.59 Å². The summed E-state index contributed by atoms with van der Waals surface area (Å²) in [4.78, 5) is 27.2. The second-order valence-electron chi connectivity index (χ2n) is 7.03. The quantitative estimate of drug-likeness (QED) is 0.720. The average Bonchev–Trinajstić information content (AvgIpc) is 2.73. The molecule has 1 heterocycles. The first kappa shape index (κ1) is 21.0. The predicted molar refractivity (Wildman–Crippen MR) is 116 cm³/mol. The predicted octanol–water partition coefficient (Wildman–Crippen LogP) is 3.85. The van der Waals surface area contributed by atoms with Crippen LogP contribution >= 0.6 is 11.6 Å². The highest BCUT2D eigenvalue weighted by Gasteiger charge is 2.32. The minimum atomic E-state index is -0.672. The molecular weight excluding hydrogens is 390 g/mol. The van der Waals surface area contributed by atoms with Gasteiger partial charge in [0, 0.05) is 16.8 Å². The van der Waals surface area contributed by atoms with Gasteiger partial charge in [0.2, 0.25) is 5.91 Å². The molecule has 0 aromatic heterocycles. The van der Waals surface area contributed by atoms with Gasteiger partial charge in [-0.2, -0.15) is 0 Å². The Balaban J connectivity index is 1.71. The van der Waals surface area contributed by atoms with E-state index in [1.54, 1.807) is 24.3 Å². The number of amides is 2. The number of nitrogens with zero attached hydrogens (tertiary/aromatic N) is 1. The SMILES string of the molecule is CCC(CC)NC(=O)C1CN(CC(=O)Nc2ccc(Cl)cc2)c2ccccc2O1. The minimum absolute atomic E-state index is 0.109. The van der Waals surface area contributed by atoms with Crippen molar-refractivity contribution in [3.8, 4) is 5.75 Å². The molecule has 2 amide bonds. The number of ether oxygens (including phenoxy) is 1. The van der Waals surface area contributed by atoms with E-state index in [1.165, 1.54) is 0 Å². The highest BCUT2D eigenvalue weighted by Crippen LogP contribution is 2.33. The van der Waals surface area contributed by atoms with Crippen molar-refractivity contribution in [2.75, 3.05) is 23.3 Å². The molecule has 3 rings (SSSR count). The standard InChI is InChI=1S/C22H26ClN3O3/c1-3-16(4-2)25-22(28)20-13-26(18-7-5-6-8-19(18)29-20)14-21(27)24-17-11-9-15(23)10-12-17/h5-12,16,20H,3-4,13-14H2,1-2H3,(H,24,27)(H,25,28). The van der Waals surface area contributed by atoms with Crippen LogP contribution in [0.5, 0.6) is 5.75 Å². The number of fused-ring (bicyclic) bond motifs is 1. The van der Waals surface area contributed by atoms with Crippen molar-refractivity contribution >= 4 is 34.8 Å². The molecule has 0 aliphatic carbocycles. The third kappa shape index (κ3) is 5.41. The summed E-state index contributed by atoms with van der Waals surface area (Å²) >= 11 is 5.89. The van der Waals surface area contributed by atoms with Gasteiger partial charge in [-0.25, -0.2) is 0 Å². The van der Waals surface area contributed by atoms with E-state index >= 15 is 0 Å². The van der Waals surface area contributed by atoms with Gasteiger partial charge in [0.05, 0.1) is 18.8 Å². The van der Waals surface area contributed by atoms with E-state index in [2.05, 4.69) is 10.6 Å². The smallest absolute Gasteiger partial charge is 0.263 e. The highest BCUT2D eigenvalue weighted by molar-refractivity contribution is 6.30. The molecule has 2 aromatic carbocycles. The summed E-state index contributed by atoms with van der Waals surface area (Å²) in [6, 6.07) is 14.5. The zero-order valence-corrected chi connectivity index (χ0v) is 17.4. The molecule has 0 spiro atoms. The molecule has 0 bridgehead atoms. The second kappa shape index (κ2) is 9.65. The van der Waals surface area contributed by atoms with E-state index in [0.29, 0.717) is 23.0 Å². The average molecular weight is 416 g/mol. The Hall–Kier alpha value is -2.73. The number of para-hydroxylation sites is 2. The summed E-state index contributed by atoms with van der Waals surface area (Å²) in [7, 11) is 0. The van der Waals surface area contributed by atoms with E-state index in [0.717, 1.165) is 18.5 Å². The number of anilines is 2. The molecule has 154 valence electrons. The van der Waals surface area contributed by atoms with E-state index < -0.39 is 6.10 Å². The maximum atomic E-state index is 12.7. The van der Waals surface area contributed by atoms with Gasteiger partial charge in [-0.1, -0.05) is 37.6 Å². The molecule has 1 aliphatic heterocycles. The minimum Gasteiger partial charge on any atom is -0.477 e. The van der Waals surface area contributed by atoms with Gasteiger partial charge in [-0.3, -0.25) is 9.59 Å². The number of hydrogen-bond acceptors (Lipinski definition) is 4. The van der Waals surface area contributed by atoms with Crippen LogP contribution in [0.1, 0.15) is 26.7 Å². The number of benzene rings is 2. The molecule has 2 N–H and O–H groups in total. The molecular formula is C22H26ClN3O3. The molecule has 1 aliphatic rings. The summed E-state index contributed by atoms with van der Waals surface area (Å²) in [6.07, 6.45) is 1.05. The van der Waals surface area contributed by atoms with Crippen LogP contribution < -0.4 is 20.3 Å². The summed E-state index contributed by atoms with van der Waals surface area (Å²) < 4.78 is 5.93. The molecule has 0 saturated carbocycles. The summed E-state index contributed by atoms with van der Waals surface area (Å²) in [6.45, 7) is 4.49. The van der Waals surface area contributed by atoms with Crippen LogP contribution in [0.15, 0.2) is 48.5 Å². The van der Waals surface area contributed by atoms with Gasteiger partial charge >= 0.3 is 0 Å². The first-order chi connectivity index (χ1) is 14.0. The normalized spacial score (nSPS) is 15.4. The molecule has 1 unspecified atom stereocenters. The lowest BCUT2D eigenvalue weighted by molar-refractivity contribution is -0.129. The van der Waals surface area contributed by atoms with Crippen LogP contribution in [0, 0.1) is 0 Å². The first-order valence-corrected chi connectivity index (χ1v) is 10.2. The number of halogens is 1. The summed E-state index contributed by atoms with van der Waals surface area (Å²) in [5, 5.41) is 6.50. The van der Waals surface area contributed by atoms with Crippen LogP contribution in [0.4, 0.5) is 11.4 Å². The fourth-order valence-corrected chi connectivity index (χ4v) is 3.41. The van der Waals surface area contributed by atoms with Gasteiger partial charge in [-0.05, 0) is 49.2 Å². The number of nitrogens with one attached hydrogen (secondary N) is 2. The Morgan fingerprint density at radius 2 is 1.83 bits per heavy atom. The number of hydrogen-bond donors (Lipinski definition) is 2. The monoisotopic (exact) mass is 415 g/mol. The molecule has 0 saturated heterocycles. The van der Waals surface area contributed by atoms with Crippen molar-refractivity contribution in [2.45, 2.75) is 38.8 Å². The molecule has 2 aromatic rings. The Kier molecular flexibility index (Phi) is 6.99. The van der Waals surface area contributed by atoms with E-state index in [-0.39, 0.29) is 24.4 Å². The Bertz CT molecular complexity index is 853.